The predicted octanol–water partition coefficient (Wildman–Crippen LogP) is 5.92. The first-order valence-corrected chi connectivity index (χ1v) is 10.7. The van der Waals surface area contributed by atoms with E-state index in [9.17, 15) is 0 Å². The highest BCUT2D eigenvalue weighted by molar-refractivity contribution is 7.98. The number of methoxy groups -OCH3 is 3. The molecule has 150 valence electrons. The summed E-state index contributed by atoms with van der Waals surface area (Å²) in [5, 5.41) is 10.6. The molecule has 29 heavy (non-hydrogen) atoms. The van der Waals surface area contributed by atoms with Gasteiger partial charge in [-0.25, -0.2) is 0 Å². The average molecular weight is 449 g/mol. The Kier molecular flexibility index (Phi) is 5.84. The molecule has 4 rings (SSSR count). The Hall–Kier alpha value is -2.42. The Balaban J connectivity index is 1.56. The number of fused-ring (bicyclic) bond motifs is 1. The van der Waals surface area contributed by atoms with E-state index in [4.69, 9.17) is 30.2 Å². The molecule has 0 atom stereocenters. The molecule has 6 nitrogen and oxygen atoms in total. The Morgan fingerprint density at radius 3 is 2.41 bits per heavy atom. The number of benzene rings is 2. The number of ether oxygens (including phenoxy) is 3. The van der Waals surface area contributed by atoms with Crippen molar-refractivity contribution in [1.29, 1.82) is 0 Å². The van der Waals surface area contributed by atoms with Gasteiger partial charge in [-0.15, -0.1) is 21.5 Å². The molecule has 9 heteroatoms. The van der Waals surface area contributed by atoms with Crippen LogP contribution in [-0.4, -0.2) is 31.5 Å². The van der Waals surface area contributed by atoms with Gasteiger partial charge in [0, 0.05) is 26.3 Å². The van der Waals surface area contributed by atoms with Crippen LogP contribution in [0.5, 0.6) is 17.2 Å². The number of aromatic nitrogens is 2. The molecule has 0 saturated heterocycles. The van der Waals surface area contributed by atoms with E-state index in [1.807, 2.05) is 18.2 Å². The Morgan fingerprint density at radius 2 is 1.76 bits per heavy atom. The van der Waals surface area contributed by atoms with Gasteiger partial charge in [-0.1, -0.05) is 41.6 Å². The molecule has 0 amide bonds. The maximum Gasteiger partial charge on any atom is 0.277 e. The molecule has 4 aromatic rings. The molecular weight excluding hydrogens is 432 g/mol. The number of rotatable bonds is 7. The molecule has 0 spiro atoms. The second-order valence-corrected chi connectivity index (χ2v) is 8.35. The third-order valence-electron chi connectivity index (χ3n) is 4.25. The fraction of sp³-hybridized carbons (Fsp3) is 0.200. The lowest BCUT2D eigenvalue weighted by atomic mass is 10.2. The highest BCUT2D eigenvalue weighted by atomic mass is 35.5. The first kappa shape index (κ1) is 19.9. The van der Waals surface area contributed by atoms with Crippen LogP contribution in [0, 0.1) is 0 Å². The summed E-state index contributed by atoms with van der Waals surface area (Å²) in [5.74, 6) is 2.56. The van der Waals surface area contributed by atoms with E-state index in [0.29, 0.717) is 39.7 Å². The summed E-state index contributed by atoms with van der Waals surface area (Å²) in [5.41, 5.74) is 0.679. The van der Waals surface area contributed by atoms with Gasteiger partial charge in [0.1, 0.15) is 0 Å². The fourth-order valence-electron chi connectivity index (χ4n) is 2.87. The van der Waals surface area contributed by atoms with Crippen LogP contribution in [0.2, 0.25) is 5.02 Å². The number of hydrogen-bond donors (Lipinski definition) is 0. The number of thioether (sulfide) groups is 1. The van der Waals surface area contributed by atoms with Crippen molar-refractivity contribution in [3.8, 4) is 28.7 Å². The van der Waals surface area contributed by atoms with Crippen molar-refractivity contribution in [3.05, 3.63) is 46.3 Å². The largest absolute Gasteiger partial charge is 0.493 e. The number of halogens is 1. The van der Waals surface area contributed by atoms with E-state index >= 15 is 0 Å². The van der Waals surface area contributed by atoms with Gasteiger partial charge < -0.3 is 18.6 Å². The second kappa shape index (κ2) is 8.52. The second-order valence-electron chi connectivity index (χ2n) is 5.91. The van der Waals surface area contributed by atoms with Crippen molar-refractivity contribution < 1.29 is 18.6 Å². The van der Waals surface area contributed by atoms with E-state index in [1.54, 1.807) is 44.8 Å². The lowest BCUT2D eigenvalue weighted by Gasteiger charge is -2.12. The first-order valence-electron chi connectivity index (χ1n) is 8.57. The lowest BCUT2D eigenvalue weighted by Crippen LogP contribution is -1.95. The van der Waals surface area contributed by atoms with Crippen LogP contribution >= 0.6 is 34.7 Å². The average Bonchev–Trinajstić information content (AvgIpc) is 3.36. The van der Waals surface area contributed by atoms with Crippen LogP contribution < -0.4 is 14.2 Å². The molecule has 2 aromatic heterocycles. The number of nitrogens with zero attached hydrogens (tertiary/aromatic N) is 2. The van der Waals surface area contributed by atoms with Gasteiger partial charge in [0.15, 0.2) is 11.5 Å². The quantitative estimate of drug-likeness (QED) is 0.325. The molecule has 0 N–H and O–H groups in total. The summed E-state index contributed by atoms with van der Waals surface area (Å²) < 4.78 is 23.1. The molecular formula is C20H17ClN2O4S2. The molecule has 0 aliphatic heterocycles. The smallest absolute Gasteiger partial charge is 0.277 e. The summed E-state index contributed by atoms with van der Waals surface area (Å²) in [4.78, 5) is 1.07. The highest BCUT2D eigenvalue weighted by Gasteiger charge is 2.18. The maximum atomic E-state index is 6.51. The summed E-state index contributed by atoms with van der Waals surface area (Å²) >= 11 is 9.63. The van der Waals surface area contributed by atoms with E-state index in [1.165, 1.54) is 11.8 Å². The van der Waals surface area contributed by atoms with Crippen LogP contribution in [0.25, 0.3) is 21.5 Å². The maximum absolute atomic E-state index is 6.51. The van der Waals surface area contributed by atoms with E-state index < -0.39 is 0 Å². The molecule has 0 bridgehead atoms. The van der Waals surface area contributed by atoms with Crippen molar-refractivity contribution in [2.75, 3.05) is 21.3 Å². The number of hydrogen-bond acceptors (Lipinski definition) is 8. The van der Waals surface area contributed by atoms with Crippen LogP contribution in [0.1, 0.15) is 4.88 Å². The first-order chi connectivity index (χ1) is 14.1. The molecule has 0 fully saturated rings. The topological polar surface area (TPSA) is 66.6 Å². The third kappa shape index (κ3) is 3.88. The normalized spacial score (nSPS) is 11.0. The predicted molar refractivity (Wildman–Crippen MR) is 116 cm³/mol. The minimum atomic E-state index is 0.370. The van der Waals surface area contributed by atoms with Crippen molar-refractivity contribution in [1.82, 2.24) is 10.2 Å². The van der Waals surface area contributed by atoms with Gasteiger partial charge in [-0.05, 0) is 18.2 Å². The molecule has 2 aromatic carbocycles. The molecule has 0 saturated carbocycles. The minimum Gasteiger partial charge on any atom is -0.493 e. The fourth-order valence-corrected chi connectivity index (χ4v) is 5.30. The van der Waals surface area contributed by atoms with Gasteiger partial charge in [0.25, 0.3) is 5.22 Å². The van der Waals surface area contributed by atoms with Gasteiger partial charge >= 0.3 is 0 Å². The van der Waals surface area contributed by atoms with Gasteiger partial charge in [-0.2, -0.15) is 0 Å². The standard InChI is InChI=1S/C20H17ClN2O4S2/c1-24-13-8-11(9-14(25-2)18(13)26-3)19-22-23-20(27-19)28-10-16-17(21)12-6-4-5-7-15(12)29-16/h4-9H,10H2,1-3H3. The number of thiophene rings is 1. The highest BCUT2D eigenvalue weighted by Crippen LogP contribution is 2.42. The zero-order valence-corrected chi connectivity index (χ0v) is 18.3. The van der Waals surface area contributed by atoms with Crippen LogP contribution in [0.3, 0.4) is 0 Å². The van der Waals surface area contributed by atoms with Crippen LogP contribution in [0.4, 0.5) is 0 Å². The van der Waals surface area contributed by atoms with Crippen LogP contribution in [0.15, 0.2) is 46.0 Å². The van der Waals surface area contributed by atoms with Gasteiger partial charge in [-0.3, -0.25) is 0 Å². The Bertz CT molecular complexity index is 1130. The summed E-state index contributed by atoms with van der Waals surface area (Å²) in [6.45, 7) is 0. The monoisotopic (exact) mass is 448 g/mol. The van der Waals surface area contributed by atoms with Crippen molar-refractivity contribution in [2.45, 2.75) is 11.0 Å². The Labute approximate surface area is 180 Å². The third-order valence-corrected chi connectivity index (χ3v) is 6.99. The summed E-state index contributed by atoms with van der Waals surface area (Å²) in [7, 11) is 4.68. The van der Waals surface area contributed by atoms with E-state index in [2.05, 4.69) is 16.3 Å². The molecule has 0 unspecified atom stereocenters. The lowest BCUT2D eigenvalue weighted by molar-refractivity contribution is 0.324. The summed E-state index contributed by atoms with van der Waals surface area (Å²) in [6, 6.07) is 11.6. The van der Waals surface area contributed by atoms with Crippen molar-refractivity contribution >= 4 is 44.8 Å². The van der Waals surface area contributed by atoms with Gasteiger partial charge in [0.2, 0.25) is 11.6 Å². The molecule has 0 radical (unpaired) electrons. The zero-order valence-electron chi connectivity index (χ0n) is 15.9. The Morgan fingerprint density at radius 1 is 1.03 bits per heavy atom. The van der Waals surface area contributed by atoms with Gasteiger partial charge in [0.05, 0.1) is 26.4 Å². The van der Waals surface area contributed by atoms with E-state index in [0.717, 1.165) is 20.0 Å². The van der Waals surface area contributed by atoms with Crippen molar-refractivity contribution in [2.24, 2.45) is 0 Å². The van der Waals surface area contributed by atoms with Crippen molar-refractivity contribution in [3.63, 3.8) is 0 Å². The summed E-state index contributed by atoms with van der Waals surface area (Å²) in [6.07, 6.45) is 0. The van der Waals surface area contributed by atoms with Crippen LogP contribution in [-0.2, 0) is 5.75 Å². The molecule has 2 heterocycles. The zero-order chi connectivity index (χ0) is 20.4. The SMILES string of the molecule is COc1cc(-c2nnc(SCc3sc4ccccc4c3Cl)o2)cc(OC)c1OC. The minimum absolute atomic E-state index is 0.370. The van der Waals surface area contributed by atoms with E-state index in [-0.39, 0.29) is 0 Å². The molecule has 0 aliphatic carbocycles. The molecule has 0 aliphatic rings.